The quantitative estimate of drug-likeness (QED) is 0.847. The van der Waals surface area contributed by atoms with Crippen molar-refractivity contribution in [2.75, 3.05) is 0 Å². The van der Waals surface area contributed by atoms with Crippen LogP contribution in [0.25, 0.3) is 0 Å². The SMILES string of the molecule is Cc1nc(CCC(=O)NC2CCCC2)co1. The predicted octanol–water partition coefficient (Wildman–Crippen LogP) is 1.97. The van der Waals surface area contributed by atoms with Crippen molar-refractivity contribution in [3.05, 3.63) is 17.8 Å². The second-order valence-electron chi connectivity index (χ2n) is 4.41. The maximum absolute atomic E-state index is 11.6. The second kappa shape index (κ2) is 5.14. The molecule has 0 atom stereocenters. The van der Waals surface area contributed by atoms with E-state index < -0.39 is 0 Å². The molecule has 4 nitrogen and oxygen atoms in total. The van der Waals surface area contributed by atoms with Gasteiger partial charge in [0, 0.05) is 25.8 Å². The normalized spacial score (nSPS) is 16.6. The molecule has 0 bridgehead atoms. The van der Waals surface area contributed by atoms with Gasteiger partial charge in [-0.2, -0.15) is 0 Å². The van der Waals surface area contributed by atoms with Crippen LogP contribution in [0.4, 0.5) is 0 Å². The lowest BCUT2D eigenvalue weighted by molar-refractivity contribution is -0.121. The Morgan fingerprint density at radius 2 is 2.31 bits per heavy atom. The molecule has 1 N–H and O–H groups in total. The minimum absolute atomic E-state index is 0.132. The van der Waals surface area contributed by atoms with Crippen LogP contribution in [0.5, 0.6) is 0 Å². The Bertz CT molecular complexity index is 354. The van der Waals surface area contributed by atoms with E-state index in [2.05, 4.69) is 10.3 Å². The number of carbonyl (C=O) groups is 1. The number of amides is 1. The molecule has 0 radical (unpaired) electrons. The van der Waals surface area contributed by atoms with E-state index in [1.165, 1.54) is 12.8 Å². The Labute approximate surface area is 95.4 Å². The van der Waals surface area contributed by atoms with Crippen LogP contribution in [0, 0.1) is 6.92 Å². The van der Waals surface area contributed by atoms with Gasteiger partial charge in [-0.05, 0) is 12.8 Å². The summed E-state index contributed by atoms with van der Waals surface area (Å²) >= 11 is 0. The molecule has 1 amide bonds. The third-order valence-electron chi connectivity index (χ3n) is 3.00. The molecule has 1 heterocycles. The molecule has 0 spiro atoms. The van der Waals surface area contributed by atoms with Gasteiger partial charge >= 0.3 is 0 Å². The third-order valence-corrected chi connectivity index (χ3v) is 3.00. The fraction of sp³-hybridized carbons (Fsp3) is 0.667. The number of nitrogens with one attached hydrogen (secondary N) is 1. The Morgan fingerprint density at radius 1 is 1.56 bits per heavy atom. The van der Waals surface area contributed by atoms with Crippen LogP contribution in [0.15, 0.2) is 10.7 Å². The van der Waals surface area contributed by atoms with Gasteiger partial charge in [0.15, 0.2) is 5.89 Å². The molecule has 1 aromatic heterocycles. The van der Waals surface area contributed by atoms with Gasteiger partial charge < -0.3 is 9.73 Å². The molecular formula is C12H18N2O2. The number of aromatic nitrogens is 1. The summed E-state index contributed by atoms with van der Waals surface area (Å²) in [7, 11) is 0. The van der Waals surface area contributed by atoms with Crippen LogP contribution < -0.4 is 5.32 Å². The zero-order valence-corrected chi connectivity index (χ0v) is 9.66. The van der Waals surface area contributed by atoms with Crippen LogP contribution in [-0.4, -0.2) is 16.9 Å². The molecule has 0 unspecified atom stereocenters. The van der Waals surface area contributed by atoms with Crippen molar-refractivity contribution in [1.29, 1.82) is 0 Å². The molecule has 1 aliphatic carbocycles. The van der Waals surface area contributed by atoms with E-state index >= 15 is 0 Å². The monoisotopic (exact) mass is 222 g/mol. The highest BCUT2D eigenvalue weighted by Crippen LogP contribution is 2.17. The molecule has 1 fully saturated rings. The number of carbonyl (C=O) groups excluding carboxylic acids is 1. The van der Waals surface area contributed by atoms with Crippen molar-refractivity contribution < 1.29 is 9.21 Å². The zero-order valence-electron chi connectivity index (χ0n) is 9.66. The van der Waals surface area contributed by atoms with E-state index in [0.29, 0.717) is 24.8 Å². The average Bonchev–Trinajstić information content (AvgIpc) is 2.87. The Morgan fingerprint density at radius 3 is 2.94 bits per heavy atom. The Balaban J connectivity index is 1.71. The van der Waals surface area contributed by atoms with E-state index in [4.69, 9.17) is 4.42 Å². The summed E-state index contributed by atoms with van der Waals surface area (Å²) in [4.78, 5) is 15.8. The predicted molar refractivity (Wildman–Crippen MR) is 60.0 cm³/mol. The van der Waals surface area contributed by atoms with Gasteiger partial charge in [-0.15, -0.1) is 0 Å². The molecule has 0 saturated heterocycles. The van der Waals surface area contributed by atoms with Gasteiger partial charge in [0.05, 0.1) is 5.69 Å². The number of oxazole rings is 1. The molecule has 1 aromatic rings. The summed E-state index contributed by atoms with van der Waals surface area (Å²) in [5.41, 5.74) is 0.860. The lowest BCUT2D eigenvalue weighted by Gasteiger charge is -2.10. The second-order valence-corrected chi connectivity index (χ2v) is 4.41. The van der Waals surface area contributed by atoms with E-state index in [-0.39, 0.29) is 5.91 Å². The highest BCUT2D eigenvalue weighted by atomic mass is 16.3. The largest absolute Gasteiger partial charge is 0.449 e. The molecule has 0 aromatic carbocycles. The summed E-state index contributed by atoms with van der Waals surface area (Å²) in [5.74, 6) is 0.791. The number of hydrogen-bond acceptors (Lipinski definition) is 3. The Hall–Kier alpha value is -1.32. The van der Waals surface area contributed by atoms with Crippen LogP contribution in [0.1, 0.15) is 43.7 Å². The molecule has 0 aliphatic heterocycles. The van der Waals surface area contributed by atoms with E-state index in [1.807, 2.05) is 6.92 Å². The van der Waals surface area contributed by atoms with Gasteiger partial charge in [0.2, 0.25) is 5.91 Å². The minimum atomic E-state index is 0.132. The fourth-order valence-electron chi connectivity index (χ4n) is 2.13. The van der Waals surface area contributed by atoms with E-state index in [1.54, 1.807) is 6.26 Å². The molecule has 1 aliphatic rings. The number of rotatable bonds is 4. The maximum atomic E-state index is 11.6. The van der Waals surface area contributed by atoms with Crippen molar-refractivity contribution in [2.45, 2.75) is 51.5 Å². The van der Waals surface area contributed by atoms with Crippen molar-refractivity contribution in [1.82, 2.24) is 10.3 Å². The van der Waals surface area contributed by atoms with Crippen LogP contribution in [0.2, 0.25) is 0 Å². The number of nitrogens with zero attached hydrogens (tertiary/aromatic N) is 1. The van der Waals surface area contributed by atoms with Crippen molar-refractivity contribution in [3.8, 4) is 0 Å². The van der Waals surface area contributed by atoms with Gasteiger partial charge in [0.1, 0.15) is 6.26 Å². The smallest absolute Gasteiger partial charge is 0.220 e. The van der Waals surface area contributed by atoms with Crippen molar-refractivity contribution in [2.24, 2.45) is 0 Å². The highest BCUT2D eigenvalue weighted by Gasteiger charge is 2.16. The first kappa shape index (κ1) is 11.2. The topological polar surface area (TPSA) is 55.1 Å². The van der Waals surface area contributed by atoms with Crippen molar-refractivity contribution in [3.63, 3.8) is 0 Å². The van der Waals surface area contributed by atoms with Crippen LogP contribution in [-0.2, 0) is 11.2 Å². The fourth-order valence-corrected chi connectivity index (χ4v) is 2.13. The molecule has 1 saturated carbocycles. The summed E-state index contributed by atoms with van der Waals surface area (Å²) in [5, 5.41) is 3.06. The molecule has 2 rings (SSSR count). The summed E-state index contributed by atoms with van der Waals surface area (Å²) < 4.78 is 5.09. The van der Waals surface area contributed by atoms with Crippen molar-refractivity contribution >= 4 is 5.91 Å². The lowest BCUT2D eigenvalue weighted by Crippen LogP contribution is -2.32. The van der Waals surface area contributed by atoms with Crippen LogP contribution >= 0.6 is 0 Å². The standard InChI is InChI=1S/C12H18N2O2/c1-9-13-11(8-16-9)6-7-12(15)14-10-4-2-3-5-10/h8,10H,2-7H2,1H3,(H,14,15). The summed E-state index contributed by atoms with van der Waals surface area (Å²) in [6.07, 6.45) is 7.54. The average molecular weight is 222 g/mol. The Kier molecular flexibility index (Phi) is 3.59. The lowest BCUT2D eigenvalue weighted by atomic mass is 10.2. The first-order valence-corrected chi connectivity index (χ1v) is 5.94. The van der Waals surface area contributed by atoms with E-state index in [9.17, 15) is 4.79 Å². The molecule has 16 heavy (non-hydrogen) atoms. The highest BCUT2D eigenvalue weighted by molar-refractivity contribution is 5.76. The number of hydrogen-bond donors (Lipinski definition) is 1. The number of aryl methyl sites for hydroxylation is 2. The molecule has 88 valence electrons. The molecule has 4 heteroatoms. The third kappa shape index (κ3) is 3.08. The van der Waals surface area contributed by atoms with Gasteiger partial charge in [0.25, 0.3) is 0 Å². The van der Waals surface area contributed by atoms with E-state index in [0.717, 1.165) is 18.5 Å². The molecular weight excluding hydrogens is 204 g/mol. The van der Waals surface area contributed by atoms with Gasteiger partial charge in [-0.25, -0.2) is 4.98 Å². The summed E-state index contributed by atoms with van der Waals surface area (Å²) in [6, 6.07) is 0.409. The van der Waals surface area contributed by atoms with Crippen LogP contribution in [0.3, 0.4) is 0 Å². The first-order valence-electron chi connectivity index (χ1n) is 5.94. The van der Waals surface area contributed by atoms with Gasteiger partial charge in [-0.1, -0.05) is 12.8 Å². The first-order chi connectivity index (χ1) is 7.74. The zero-order chi connectivity index (χ0) is 11.4. The maximum Gasteiger partial charge on any atom is 0.220 e. The summed E-state index contributed by atoms with van der Waals surface area (Å²) in [6.45, 7) is 1.81. The van der Waals surface area contributed by atoms with Gasteiger partial charge in [-0.3, -0.25) is 4.79 Å². The minimum Gasteiger partial charge on any atom is -0.449 e.